The number of sulfonamides is 1. The highest BCUT2D eigenvalue weighted by molar-refractivity contribution is 7.90. The van der Waals surface area contributed by atoms with E-state index in [2.05, 4.69) is 17.0 Å². The van der Waals surface area contributed by atoms with Crippen LogP contribution >= 0.6 is 0 Å². The van der Waals surface area contributed by atoms with Crippen molar-refractivity contribution in [2.75, 3.05) is 19.6 Å². The van der Waals surface area contributed by atoms with Gasteiger partial charge >= 0.3 is 0 Å². The number of rotatable bonds is 5. The minimum atomic E-state index is -3.11. The van der Waals surface area contributed by atoms with E-state index in [1.54, 1.807) is 0 Å². The van der Waals surface area contributed by atoms with Crippen LogP contribution in [0.3, 0.4) is 0 Å². The summed E-state index contributed by atoms with van der Waals surface area (Å²) in [5.74, 6) is 1.42. The predicted octanol–water partition coefficient (Wildman–Crippen LogP) is 1.87. The monoisotopic (exact) mass is 288 g/mol. The molecule has 0 spiro atoms. The Balaban J connectivity index is 1.75. The van der Waals surface area contributed by atoms with Crippen LogP contribution in [0.2, 0.25) is 0 Å². The summed E-state index contributed by atoms with van der Waals surface area (Å²) >= 11 is 0. The van der Waals surface area contributed by atoms with Crippen molar-refractivity contribution in [3.8, 4) is 0 Å². The first-order chi connectivity index (χ1) is 9.12. The van der Waals surface area contributed by atoms with Crippen molar-refractivity contribution in [1.29, 1.82) is 0 Å². The Bertz CT molecular complexity index is 356. The molecule has 1 saturated heterocycles. The van der Waals surface area contributed by atoms with Crippen molar-refractivity contribution in [3.05, 3.63) is 0 Å². The second kappa shape index (κ2) is 7.04. The zero-order chi connectivity index (χ0) is 13.7. The fourth-order valence-electron chi connectivity index (χ4n) is 3.28. The summed E-state index contributed by atoms with van der Waals surface area (Å²) in [7, 11) is -3.11. The van der Waals surface area contributed by atoms with Crippen LogP contribution in [0.25, 0.3) is 0 Å². The summed E-state index contributed by atoms with van der Waals surface area (Å²) in [6, 6.07) is 0. The van der Waals surface area contributed by atoms with Gasteiger partial charge in [-0.2, -0.15) is 0 Å². The van der Waals surface area contributed by atoms with Gasteiger partial charge in [0.15, 0.2) is 0 Å². The molecule has 1 heterocycles. The Hall–Kier alpha value is -0.130. The molecule has 1 unspecified atom stereocenters. The summed E-state index contributed by atoms with van der Waals surface area (Å²) in [4.78, 5) is 0. The van der Waals surface area contributed by atoms with Crippen molar-refractivity contribution < 1.29 is 8.42 Å². The van der Waals surface area contributed by atoms with Gasteiger partial charge in [0.25, 0.3) is 0 Å². The van der Waals surface area contributed by atoms with Gasteiger partial charge in [0, 0.05) is 13.1 Å². The first-order valence-corrected chi connectivity index (χ1v) is 9.35. The third kappa shape index (κ3) is 4.43. The molecule has 1 aliphatic heterocycles. The molecule has 1 saturated carbocycles. The standard InChI is InChI=1S/C14H28N2O2S/c1-2-12-5-7-13(8-6-12)10-16-19(17,18)14-4-3-9-15-11-14/h12-16H,2-11H2,1H3. The molecular weight excluding hydrogens is 260 g/mol. The highest BCUT2D eigenvalue weighted by Gasteiger charge is 2.28. The van der Waals surface area contributed by atoms with Crippen molar-refractivity contribution in [2.24, 2.45) is 11.8 Å². The molecule has 2 rings (SSSR count). The first-order valence-electron chi connectivity index (χ1n) is 7.81. The zero-order valence-electron chi connectivity index (χ0n) is 12.0. The summed E-state index contributed by atoms with van der Waals surface area (Å²) < 4.78 is 27.3. The normalized spacial score (nSPS) is 33.2. The maximum atomic E-state index is 12.2. The van der Waals surface area contributed by atoms with E-state index in [0.717, 1.165) is 25.3 Å². The molecule has 0 aromatic heterocycles. The largest absolute Gasteiger partial charge is 0.315 e. The van der Waals surface area contributed by atoms with Crippen molar-refractivity contribution in [2.45, 2.75) is 57.1 Å². The van der Waals surface area contributed by atoms with Gasteiger partial charge in [-0.15, -0.1) is 0 Å². The summed E-state index contributed by atoms with van der Waals surface area (Å²) in [5, 5.41) is 2.94. The highest BCUT2D eigenvalue weighted by Crippen LogP contribution is 2.30. The van der Waals surface area contributed by atoms with Gasteiger partial charge in [-0.25, -0.2) is 13.1 Å². The second-order valence-electron chi connectivity index (χ2n) is 6.16. The molecule has 0 radical (unpaired) electrons. The number of piperidine rings is 1. The quantitative estimate of drug-likeness (QED) is 0.812. The lowest BCUT2D eigenvalue weighted by Crippen LogP contribution is -2.45. The molecule has 19 heavy (non-hydrogen) atoms. The van der Waals surface area contributed by atoms with Gasteiger partial charge < -0.3 is 5.32 Å². The molecule has 5 heteroatoms. The van der Waals surface area contributed by atoms with Gasteiger partial charge in [0.2, 0.25) is 10.0 Å². The van der Waals surface area contributed by atoms with E-state index in [1.807, 2.05) is 0 Å². The van der Waals surface area contributed by atoms with E-state index in [0.29, 0.717) is 19.0 Å². The zero-order valence-corrected chi connectivity index (χ0v) is 12.8. The van der Waals surface area contributed by atoms with Crippen LogP contribution in [-0.4, -0.2) is 33.3 Å². The molecule has 2 aliphatic rings. The molecule has 0 aromatic rings. The van der Waals surface area contributed by atoms with Crippen LogP contribution in [0.15, 0.2) is 0 Å². The topological polar surface area (TPSA) is 58.2 Å². The summed E-state index contributed by atoms with van der Waals surface area (Å²) in [6.07, 6.45) is 7.94. The molecule has 2 fully saturated rings. The van der Waals surface area contributed by atoms with Gasteiger partial charge in [-0.05, 0) is 44.1 Å². The predicted molar refractivity (Wildman–Crippen MR) is 78.6 cm³/mol. The van der Waals surface area contributed by atoms with Crippen molar-refractivity contribution in [1.82, 2.24) is 10.0 Å². The van der Waals surface area contributed by atoms with Crippen molar-refractivity contribution in [3.63, 3.8) is 0 Å². The third-order valence-electron chi connectivity index (χ3n) is 4.81. The molecule has 1 atom stereocenters. The Morgan fingerprint density at radius 2 is 1.79 bits per heavy atom. The average Bonchev–Trinajstić information content (AvgIpc) is 2.47. The van der Waals surface area contributed by atoms with Crippen LogP contribution in [0, 0.1) is 11.8 Å². The van der Waals surface area contributed by atoms with Gasteiger partial charge in [-0.3, -0.25) is 0 Å². The molecule has 112 valence electrons. The lowest BCUT2D eigenvalue weighted by Gasteiger charge is -2.29. The van der Waals surface area contributed by atoms with Gasteiger partial charge in [-0.1, -0.05) is 26.2 Å². The van der Waals surface area contributed by atoms with Crippen LogP contribution < -0.4 is 10.0 Å². The smallest absolute Gasteiger partial charge is 0.215 e. The second-order valence-corrected chi connectivity index (χ2v) is 8.20. The van der Waals surface area contributed by atoms with Crippen molar-refractivity contribution >= 4 is 10.0 Å². The molecule has 2 N–H and O–H groups in total. The first kappa shape index (κ1) is 15.3. The average molecular weight is 288 g/mol. The maximum Gasteiger partial charge on any atom is 0.215 e. The SMILES string of the molecule is CCC1CCC(CNS(=O)(=O)C2CCCNC2)CC1. The fraction of sp³-hybridized carbons (Fsp3) is 1.00. The molecule has 4 nitrogen and oxygen atoms in total. The van der Waals surface area contributed by atoms with E-state index in [4.69, 9.17) is 0 Å². The number of hydrogen-bond donors (Lipinski definition) is 2. The van der Waals surface area contributed by atoms with E-state index in [-0.39, 0.29) is 5.25 Å². The molecular formula is C14H28N2O2S. The Morgan fingerprint density at radius 3 is 2.37 bits per heavy atom. The van der Waals surface area contributed by atoms with E-state index in [9.17, 15) is 8.42 Å². The lowest BCUT2D eigenvalue weighted by molar-refractivity contribution is 0.269. The van der Waals surface area contributed by atoms with Crippen LogP contribution in [-0.2, 0) is 10.0 Å². The minimum absolute atomic E-state index is 0.228. The molecule has 0 aromatic carbocycles. The Kier molecular flexibility index (Phi) is 5.66. The number of hydrogen-bond acceptors (Lipinski definition) is 3. The van der Waals surface area contributed by atoms with E-state index in [1.165, 1.54) is 32.1 Å². The Labute approximate surface area is 117 Å². The van der Waals surface area contributed by atoms with E-state index >= 15 is 0 Å². The van der Waals surface area contributed by atoms with Crippen LogP contribution in [0.5, 0.6) is 0 Å². The van der Waals surface area contributed by atoms with E-state index < -0.39 is 10.0 Å². The lowest BCUT2D eigenvalue weighted by atomic mass is 9.81. The minimum Gasteiger partial charge on any atom is -0.315 e. The molecule has 0 bridgehead atoms. The highest BCUT2D eigenvalue weighted by atomic mass is 32.2. The molecule has 1 aliphatic carbocycles. The number of nitrogens with one attached hydrogen (secondary N) is 2. The molecule has 0 amide bonds. The summed E-state index contributed by atoms with van der Waals surface area (Å²) in [5.41, 5.74) is 0. The maximum absolute atomic E-state index is 12.2. The third-order valence-corrected chi connectivity index (χ3v) is 6.66. The van der Waals surface area contributed by atoms with Gasteiger partial charge in [0.1, 0.15) is 0 Å². The van der Waals surface area contributed by atoms with Crippen LogP contribution in [0.4, 0.5) is 0 Å². The Morgan fingerprint density at radius 1 is 1.11 bits per heavy atom. The van der Waals surface area contributed by atoms with Gasteiger partial charge in [0.05, 0.1) is 5.25 Å². The summed E-state index contributed by atoms with van der Waals surface area (Å²) in [6.45, 7) is 4.46. The fourth-order valence-corrected chi connectivity index (χ4v) is 4.80. The van der Waals surface area contributed by atoms with Crippen LogP contribution in [0.1, 0.15) is 51.9 Å².